The first-order valence-corrected chi connectivity index (χ1v) is 7.80. The molecule has 4 fully saturated rings. The Kier molecular flexibility index (Phi) is 3.48. The molecule has 0 heteroatoms. The van der Waals surface area contributed by atoms with Crippen molar-refractivity contribution >= 4 is 0 Å². The van der Waals surface area contributed by atoms with Gasteiger partial charge in [0.2, 0.25) is 0 Å². The zero-order valence-corrected chi connectivity index (χ0v) is 11.6. The minimum absolute atomic E-state index is 0.838. The van der Waals surface area contributed by atoms with Gasteiger partial charge in [-0.3, -0.25) is 0 Å². The van der Waals surface area contributed by atoms with Crippen molar-refractivity contribution in [3.63, 3.8) is 0 Å². The Bertz CT molecular complexity index is 357. The molecule has 0 atom stereocenters. The molecule has 4 saturated carbocycles. The van der Waals surface area contributed by atoms with Gasteiger partial charge in [-0.2, -0.15) is 0 Å². The van der Waals surface area contributed by atoms with Crippen molar-refractivity contribution in [2.45, 2.75) is 57.8 Å². The Morgan fingerprint density at radius 3 is 2.22 bits per heavy atom. The van der Waals surface area contributed by atoms with E-state index in [0.29, 0.717) is 0 Å². The van der Waals surface area contributed by atoms with Crippen LogP contribution in [0.25, 0.3) is 0 Å². The molecular formula is C18H26. The second kappa shape index (κ2) is 5.10. The van der Waals surface area contributed by atoms with E-state index in [1.807, 2.05) is 0 Å². The summed E-state index contributed by atoms with van der Waals surface area (Å²) in [5, 5.41) is 0. The minimum atomic E-state index is 0.838. The Morgan fingerprint density at radius 2 is 1.67 bits per heavy atom. The molecule has 0 unspecified atom stereocenters. The standard InChI is InChI=1S/C18H26/c1-3-17(10-14-6-4-13(2)5-7-14)18-11-15-8-16(9-15)12-18/h14-16,18H,1-2,4-12H2. The molecule has 4 rings (SSSR count). The smallest absolute Gasteiger partial charge is 0.0122 e. The molecule has 0 aliphatic heterocycles. The Labute approximate surface area is 112 Å². The molecule has 0 saturated heterocycles. The summed E-state index contributed by atoms with van der Waals surface area (Å²) in [7, 11) is 0. The van der Waals surface area contributed by atoms with Crippen LogP contribution in [0.3, 0.4) is 0 Å². The minimum Gasteiger partial charge on any atom is -0.129 e. The second-order valence-electron chi connectivity index (χ2n) is 6.97. The van der Waals surface area contributed by atoms with Crippen molar-refractivity contribution in [2.75, 3.05) is 0 Å². The third-order valence-electron chi connectivity index (χ3n) is 5.61. The van der Waals surface area contributed by atoms with E-state index in [2.05, 4.69) is 18.9 Å². The number of allylic oxidation sites excluding steroid dienone is 2. The topological polar surface area (TPSA) is 0 Å². The summed E-state index contributed by atoms with van der Waals surface area (Å²) in [4.78, 5) is 0. The van der Waals surface area contributed by atoms with E-state index in [4.69, 9.17) is 0 Å². The first-order valence-electron chi connectivity index (χ1n) is 7.80. The molecule has 0 aromatic heterocycles. The van der Waals surface area contributed by atoms with Gasteiger partial charge in [-0.25, -0.2) is 0 Å². The number of fused-ring (bicyclic) bond motifs is 2. The Balaban J connectivity index is 1.56. The Morgan fingerprint density at radius 1 is 1.06 bits per heavy atom. The van der Waals surface area contributed by atoms with Crippen LogP contribution in [0.2, 0.25) is 0 Å². The highest BCUT2D eigenvalue weighted by Crippen LogP contribution is 2.51. The lowest BCUT2D eigenvalue weighted by atomic mass is 9.59. The first kappa shape index (κ1) is 12.3. The van der Waals surface area contributed by atoms with E-state index in [-0.39, 0.29) is 0 Å². The summed E-state index contributed by atoms with van der Waals surface area (Å²) in [6.07, 6.45) is 12.4. The maximum Gasteiger partial charge on any atom is -0.0122 e. The monoisotopic (exact) mass is 242 g/mol. The molecule has 4 aliphatic rings. The van der Waals surface area contributed by atoms with Gasteiger partial charge in [0.05, 0.1) is 0 Å². The van der Waals surface area contributed by atoms with Crippen LogP contribution >= 0.6 is 0 Å². The molecule has 0 aromatic rings. The SMILES string of the molecule is C=C=C(CC1CCC(=C)CC1)C1CC2CC(C2)C1. The van der Waals surface area contributed by atoms with E-state index in [1.165, 1.54) is 63.4 Å². The fourth-order valence-corrected chi connectivity index (χ4v) is 4.43. The van der Waals surface area contributed by atoms with Crippen molar-refractivity contribution < 1.29 is 0 Å². The molecule has 4 aliphatic carbocycles. The van der Waals surface area contributed by atoms with Crippen molar-refractivity contribution in [1.29, 1.82) is 0 Å². The highest BCUT2D eigenvalue weighted by atomic mass is 14.4. The van der Waals surface area contributed by atoms with Gasteiger partial charge in [0.15, 0.2) is 0 Å². The van der Waals surface area contributed by atoms with Crippen LogP contribution in [0, 0.1) is 23.7 Å². The normalized spacial score (nSPS) is 35.8. The average Bonchev–Trinajstić information content (AvgIpc) is 2.37. The summed E-state index contributed by atoms with van der Waals surface area (Å²) in [6, 6.07) is 0. The molecule has 98 valence electrons. The van der Waals surface area contributed by atoms with E-state index in [0.717, 1.165) is 23.7 Å². The van der Waals surface area contributed by atoms with Gasteiger partial charge in [-0.05, 0) is 87.0 Å². The summed E-state index contributed by atoms with van der Waals surface area (Å²) in [5.41, 5.74) is 6.35. The molecule has 18 heavy (non-hydrogen) atoms. The number of hydrogen-bond donors (Lipinski definition) is 0. The van der Waals surface area contributed by atoms with Gasteiger partial charge < -0.3 is 0 Å². The van der Waals surface area contributed by atoms with E-state index in [1.54, 1.807) is 5.57 Å². The van der Waals surface area contributed by atoms with Gasteiger partial charge in [-0.15, -0.1) is 5.73 Å². The Hall–Kier alpha value is -0.740. The van der Waals surface area contributed by atoms with Gasteiger partial charge in [-0.1, -0.05) is 18.7 Å². The summed E-state index contributed by atoms with van der Waals surface area (Å²) in [5.74, 6) is 3.81. The molecule has 0 nitrogen and oxygen atoms in total. The van der Waals surface area contributed by atoms with Crippen LogP contribution in [0.15, 0.2) is 30.0 Å². The van der Waals surface area contributed by atoms with Crippen molar-refractivity contribution in [3.05, 3.63) is 30.0 Å². The molecule has 0 N–H and O–H groups in total. The molecular weight excluding hydrogens is 216 g/mol. The summed E-state index contributed by atoms with van der Waals surface area (Å²) < 4.78 is 0. The van der Waals surface area contributed by atoms with Crippen molar-refractivity contribution in [1.82, 2.24) is 0 Å². The van der Waals surface area contributed by atoms with Crippen molar-refractivity contribution in [2.24, 2.45) is 23.7 Å². The number of rotatable bonds is 3. The molecule has 0 radical (unpaired) electrons. The van der Waals surface area contributed by atoms with Crippen LogP contribution in [0.1, 0.15) is 57.8 Å². The van der Waals surface area contributed by atoms with Crippen LogP contribution in [-0.4, -0.2) is 0 Å². The van der Waals surface area contributed by atoms with Crippen LogP contribution in [0.5, 0.6) is 0 Å². The predicted molar refractivity (Wildman–Crippen MR) is 77.3 cm³/mol. The summed E-state index contributed by atoms with van der Waals surface area (Å²) >= 11 is 0. The first-order chi connectivity index (χ1) is 8.74. The molecule has 0 amide bonds. The van der Waals surface area contributed by atoms with E-state index >= 15 is 0 Å². The average molecular weight is 242 g/mol. The van der Waals surface area contributed by atoms with Crippen LogP contribution < -0.4 is 0 Å². The fraction of sp³-hybridized carbons (Fsp3) is 0.722. The fourth-order valence-electron chi connectivity index (χ4n) is 4.43. The maximum absolute atomic E-state index is 4.12. The van der Waals surface area contributed by atoms with E-state index < -0.39 is 0 Å². The number of hydrogen-bond acceptors (Lipinski definition) is 0. The van der Waals surface area contributed by atoms with Crippen LogP contribution in [-0.2, 0) is 0 Å². The zero-order valence-electron chi connectivity index (χ0n) is 11.6. The molecule has 0 spiro atoms. The highest BCUT2D eigenvalue weighted by molar-refractivity contribution is 5.11. The van der Waals surface area contributed by atoms with Crippen LogP contribution in [0.4, 0.5) is 0 Å². The van der Waals surface area contributed by atoms with Gasteiger partial charge in [0, 0.05) is 0 Å². The zero-order chi connectivity index (χ0) is 12.5. The third-order valence-corrected chi connectivity index (χ3v) is 5.61. The molecule has 0 heterocycles. The largest absolute Gasteiger partial charge is 0.129 e. The summed E-state index contributed by atoms with van der Waals surface area (Å²) in [6.45, 7) is 8.10. The second-order valence-corrected chi connectivity index (χ2v) is 6.97. The molecule has 0 aromatic carbocycles. The van der Waals surface area contributed by atoms with Crippen molar-refractivity contribution in [3.8, 4) is 0 Å². The van der Waals surface area contributed by atoms with Gasteiger partial charge >= 0.3 is 0 Å². The maximum atomic E-state index is 4.12. The lowest BCUT2D eigenvalue weighted by molar-refractivity contribution is 0.0791. The van der Waals surface area contributed by atoms with E-state index in [9.17, 15) is 0 Å². The lowest BCUT2D eigenvalue weighted by Crippen LogP contribution is -2.34. The third kappa shape index (κ3) is 2.50. The van der Waals surface area contributed by atoms with Gasteiger partial charge in [0.1, 0.15) is 0 Å². The van der Waals surface area contributed by atoms with Gasteiger partial charge in [0.25, 0.3) is 0 Å². The lowest BCUT2D eigenvalue weighted by Gasteiger charge is -2.46. The molecule has 2 bridgehead atoms. The highest BCUT2D eigenvalue weighted by Gasteiger charge is 2.39. The quantitative estimate of drug-likeness (QED) is 0.467. The predicted octanol–water partition coefficient (Wildman–Crippen LogP) is 5.27.